The molecule has 0 spiro atoms. The van der Waals surface area contributed by atoms with Crippen LogP contribution in [-0.4, -0.2) is 40.1 Å². The standard InChI is InChI=1S/C19H30N4O4/c1-6-19(26,7-2)15(24)9-11-17(4,13-20)22-23-18(5,14-21)12-10-16(25)27-8-3/h26H,6-12H2,1-5H3. The zero-order valence-corrected chi connectivity index (χ0v) is 16.9. The summed E-state index contributed by atoms with van der Waals surface area (Å²) >= 11 is 0. The van der Waals surface area contributed by atoms with E-state index in [1.54, 1.807) is 20.8 Å². The van der Waals surface area contributed by atoms with Gasteiger partial charge in [0.05, 0.1) is 18.7 Å². The molecule has 8 nitrogen and oxygen atoms in total. The van der Waals surface area contributed by atoms with Crippen LogP contribution in [0.1, 0.15) is 73.1 Å². The van der Waals surface area contributed by atoms with E-state index in [1.807, 2.05) is 12.1 Å². The Kier molecular flexibility index (Phi) is 9.82. The highest BCUT2D eigenvalue weighted by molar-refractivity contribution is 5.87. The number of nitriles is 2. The average molecular weight is 378 g/mol. The number of rotatable bonds is 12. The number of Topliss-reactive ketones (excluding diaryl/α,β-unsaturated/α-hetero) is 1. The average Bonchev–Trinajstić information content (AvgIpc) is 2.68. The van der Waals surface area contributed by atoms with Crippen molar-refractivity contribution in [2.45, 2.75) is 89.8 Å². The van der Waals surface area contributed by atoms with Gasteiger partial charge in [0, 0.05) is 12.8 Å². The molecular weight excluding hydrogens is 348 g/mol. The zero-order chi connectivity index (χ0) is 21.1. The van der Waals surface area contributed by atoms with Crippen molar-refractivity contribution >= 4 is 11.8 Å². The quantitative estimate of drug-likeness (QED) is 0.409. The van der Waals surface area contributed by atoms with Crippen molar-refractivity contribution in [1.29, 1.82) is 10.5 Å². The molecule has 0 saturated carbocycles. The fourth-order valence-electron chi connectivity index (χ4n) is 2.29. The summed E-state index contributed by atoms with van der Waals surface area (Å²) in [6.45, 7) is 8.44. The van der Waals surface area contributed by atoms with E-state index < -0.39 is 22.6 Å². The van der Waals surface area contributed by atoms with Gasteiger partial charge >= 0.3 is 5.97 Å². The third kappa shape index (κ3) is 7.84. The van der Waals surface area contributed by atoms with Crippen molar-refractivity contribution < 1.29 is 19.4 Å². The lowest BCUT2D eigenvalue weighted by Gasteiger charge is -2.25. The highest BCUT2D eigenvalue weighted by atomic mass is 16.5. The number of hydrogen-bond donors (Lipinski definition) is 1. The largest absolute Gasteiger partial charge is 0.466 e. The predicted octanol–water partition coefficient (Wildman–Crippen LogP) is 3.25. The second-order valence-corrected chi connectivity index (χ2v) is 6.94. The number of hydrogen-bond acceptors (Lipinski definition) is 8. The molecular formula is C19H30N4O4. The molecule has 2 unspecified atom stereocenters. The molecule has 0 aliphatic rings. The summed E-state index contributed by atoms with van der Waals surface area (Å²) in [6.07, 6.45) is 0.776. The second kappa shape index (κ2) is 10.7. The van der Waals surface area contributed by atoms with Crippen LogP contribution in [0.25, 0.3) is 0 Å². The first-order valence-electron chi connectivity index (χ1n) is 9.21. The van der Waals surface area contributed by atoms with Crippen LogP contribution in [0.3, 0.4) is 0 Å². The molecule has 0 rings (SSSR count). The molecule has 0 bridgehead atoms. The topological polar surface area (TPSA) is 136 Å². The van der Waals surface area contributed by atoms with E-state index in [0.717, 1.165) is 0 Å². The zero-order valence-electron chi connectivity index (χ0n) is 16.9. The van der Waals surface area contributed by atoms with Crippen molar-refractivity contribution in [3.63, 3.8) is 0 Å². The Morgan fingerprint density at radius 1 is 0.963 bits per heavy atom. The van der Waals surface area contributed by atoms with Crippen LogP contribution in [0, 0.1) is 22.7 Å². The minimum absolute atomic E-state index is 0.0126. The molecule has 1 N–H and O–H groups in total. The first-order valence-corrected chi connectivity index (χ1v) is 9.21. The molecule has 0 aromatic rings. The molecule has 0 heterocycles. The Labute approximate surface area is 161 Å². The molecule has 0 aromatic carbocycles. The Morgan fingerprint density at radius 2 is 1.41 bits per heavy atom. The highest BCUT2D eigenvalue weighted by Gasteiger charge is 2.34. The first-order chi connectivity index (χ1) is 12.5. The monoisotopic (exact) mass is 378 g/mol. The van der Waals surface area contributed by atoms with E-state index in [0.29, 0.717) is 12.8 Å². The summed E-state index contributed by atoms with van der Waals surface area (Å²) in [5.41, 5.74) is -3.98. The summed E-state index contributed by atoms with van der Waals surface area (Å²) in [6, 6.07) is 4.00. The molecule has 0 amide bonds. The Morgan fingerprint density at radius 3 is 1.78 bits per heavy atom. The van der Waals surface area contributed by atoms with Gasteiger partial charge in [-0.25, -0.2) is 0 Å². The van der Waals surface area contributed by atoms with Gasteiger partial charge in [0.1, 0.15) is 5.60 Å². The Hall–Kier alpha value is -2.32. The summed E-state index contributed by atoms with van der Waals surface area (Å²) < 4.78 is 4.83. The summed E-state index contributed by atoms with van der Waals surface area (Å²) in [5, 5.41) is 37.0. The molecule has 0 aliphatic carbocycles. The van der Waals surface area contributed by atoms with Gasteiger partial charge < -0.3 is 9.84 Å². The smallest absolute Gasteiger partial charge is 0.305 e. The fraction of sp³-hybridized carbons (Fsp3) is 0.789. The van der Waals surface area contributed by atoms with Gasteiger partial charge in [-0.15, -0.1) is 0 Å². The molecule has 0 saturated heterocycles. The van der Waals surface area contributed by atoms with Gasteiger partial charge in [-0.05, 0) is 46.5 Å². The van der Waals surface area contributed by atoms with Crippen LogP contribution in [0.2, 0.25) is 0 Å². The van der Waals surface area contributed by atoms with E-state index in [-0.39, 0.29) is 38.1 Å². The third-order valence-corrected chi connectivity index (χ3v) is 4.62. The normalized spacial score (nSPS) is 16.0. The van der Waals surface area contributed by atoms with Crippen LogP contribution >= 0.6 is 0 Å². The fourth-order valence-corrected chi connectivity index (χ4v) is 2.29. The summed E-state index contributed by atoms with van der Waals surface area (Å²) in [7, 11) is 0. The van der Waals surface area contributed by atoms with Crippen molar-refractivity contribution in [2.75, 3.05) is 6.61 Å². The maximum Gasteiger partial charge on any atom is 0.305 e. The Bertz CT molecular complexity index is 631. The SMILES string of the molecule is CCOC(=O)CCC(C)(C#N)N=NC(C)(C#N)CCC(=O)C(O)(CC)CC. The molecule has 150 valence electrons. The molecule has 0 fully saturated rings. The maximum absolute atomic E-state index is 12.3. The number of azo groups is 1. The number of esters is 1. The van der Waals surface area contributed by atoms with Gasteiger partial charge in [-0.1, -0.05) is 13.8 Å². The highest BCUT2D eigenvalue weighted by Crippen LogP contribution is 2.26. The van der Waals surface area contributed by atoms with Gasteiger partial charge in [-0.2, -0.15) is 20.8 Å². The van der Waals surface area contributed by atoms with Crippen molar-refractivity contribution in [1.82, 2.24) is 0 Å². The second-order valence-electron chi connectivity index (χ2n) is 6.94. The predicted molar refractivity (Wildman–Crippen MR) is 98.5 cm³/mol. The summed E-state index contributed by atoms with van der Waals surface area (Å²) in [5.74, 6) is -0.768. The molecule has 8 heteroatoms. The van der Waals surface area contributed by atoms with Gasteiger partial charge in [0.2, 0.25) is 0 Å². The van der Waals surface area contributed by atoms with Crippen LogP contribution in [0.5, 0.6) is 0 Å². The van der Waals surface area contributed by atoms with E-state index in [1.165, 1.54) is 13.8 Å². The van der Waals surface area contributed by atoms with Crippen LogP contribution in [0.15, 0.2) is 10.2 Å². The van der Waals surface area contributed by atoms with Crippen LogP contribution in [-0.2, 0) is 14.3 Å². The van der Waals surface area contributed by atoms with Gasteiger partial charge in [0.15, 0.2) is 16.9 Å². The lowest BCUT2D eigenvalue weighted by atomic mass is 9.86. The Balaban J connectivity index is 5.09. The number of carbonyl (C=O) groups is 2. The van der Waals surface area contributed by atoms with E-state index in [2.05, 4.69) is 10.2 Å². The van der Waals surface area contributed by atoms with E-state index in [9.17, 15) is 25.2 Å². The van der Waals surface area contributed by atoms with Crippen molar-refractivity contribution in [3.05, 3.63) is 0 Å². The van der Waals surface area contributed by atoms with Crippen LogP contribution < -0.4 is 0 Å². The van der Waals surface area contributed by atoms with Crippen molar-refractivity contribution in [2.24, 2.45) is 10.2 Å². The minimum atomic E-state index is -1.39. The number of ether oxygens (including phenoxy) is 1. The van der Waals surface area contributed by atoms with E-state index in [4.69, 9.17) is 4.74 Å². The van der Waals surface area contributed by atoms with E-state index >= 15 is 0 Å². The molecule has 0 aromatic heterocycles. The molecule has 0 radical (unpaired) electrons. The number of ketones is 1. The number of nitrogens with zero attached hydrogens (tertiary/aromatic N) is 4. The number of carbonyl (C=O) groups excluding carboxylic acids is 2. The lowest BCUT2D eigenvalue weighted by Crippen LogP contribution is -2.38. The van der Waals surface area contributed by atoms with Crippen molar-refractivity contribution in [3.8, 4) is 12.1 Å². The first kappa shape index (κ1) is 24.7. The molecule has 27 heavy (non-hydrogen) atoms. The number of aliphatic hydroxyl groups is 1. The van der Waals surface area contributed by atoms with Crippen LogP contribution in [0.4, 0.5) is 0 Å². The van der Waals surface area contributed by atoms with Gasteiger partial charge in [-0.3, -0.25) is 9.59 Å². The molecule has 0 aliphatic heterocycles. The maximum atomic E-state index is 12.3. The third-order valence-electron chi connectivity index (χ3n) is 4.62. The lowest BCUT2D eigenvalue weighted by molar-refractivity contribution is -0.143. The molecule has 2 atom stereocenters. The van der Waals surface area contributed by atoms with Gasteiger partial charge in [0.25, 0.3) is 0 Å². The minimum Gasteiger partial charge on any atom is -0.466 e. The summed E-state index contributed by atoms with van der Waals surface area (Å²) in [4.78, 5) is 23.7.